The van der Waals surface area contributed by atoms with E-state index in [9.17, 15) is 14.4 Å². The molecule has 0 heterocycles. The van der Waals surface area contributed by atoms with Crippen LogP contribution in [0.1, 0.15) is 226 Å². The third-order valence-electron chi connectivity index (χ3n) is 10.0. The Morgan fingerprint density at radius 3 is 1.09 bits per heavy atom. The summed E-state index contributed by atoms with van der Waals surface area (Å²) in [4.78, 5) is 37.5. The number of esters is 3. The number of hydrogen-bond acceptors (Lipinski definition) is 6. The second kappa shape index (κ2) is 45.8. The molecule has 0 fully saturated rings. The van der Waals surface area contributed by atoms with E-state index in [4.69, 9.17) is 14.2 Å². The van der Waals surface area contributed by atoms with Crippen LogP contribution in [0, 0.1) is 0 Å². The number of rotatable bonds is 42. The van der Waals surface area contributed by atoms with Crippen LogP contribution in [0.5, 0.6) is 0 Å². The lowest BCUT2D eigenvalue weighted by Crippen LogP contribution is -2.30. The highest BCUT2D eigenvalue weighted by Gasteiger charge is 2.19. The van der Waals surface area contributed by atoms with E-state index in [0.29, 0.717) is 19.3 Å². The van der Waals surface area contributed by atoms with Crippen molar-refractivity contribution in [2.45, 2.75) is 232 Å². The molecule has 0 aromatic rings. The lowest BCUT2D eigenvalue weighted by atomic mass is 10.1. The molecule has 1 unspecified atom stereocenters. The monoisotopic (exact) mass is 797 g/mol. The smallest absolute Gasteiger partial charge is 0.306 e. The zero-order valence-electron chi connectivity index (χ0n) is 37.3. The molecule has 0 spiro atoms. The van der Waals surface area contributed by atoms with Gasteiger partial charge in [-0.2, -0.15) is 0 Å². The van der Waals surface area contributed by atoms with Crippen molar-refractivity contribution in [2.75, 3.05) is 13.2 Å². The third kappa shape index (κ3) is 44.1. The summed E-state index contributed by atoms with van der Waals surface area (Å²) in [5.74, 6) is -0.938. The molecule has 6 heteroatoms. The zero-order chi connectivity index (χ0) is 41.5. The maximum Gasteiger partial charge on any atom is 0.306 e. The Morgan fingerprint density at radius 2 is 0.684 bits per heavy atom. The lowest BCUT2D eigenvalue weighted by molar-refractivity contribution is -0.167. The quantitative estimate of drug-likeness (QED) is 0.0265. The van der Waals surface area contributed by atoms with Gasteiger partial charge in [-0.15, -0.1) is 0 Å². The Balaban J connectivity index is 4.19. The molecule has 0 aliphatic rings. The van der Waals surface area contributed by atoms with Crippen LogP contribution < -0.4 is 0 Å². The van der Waals surface area contributed by atoms with Crippen LogP contribution in [0.25, 0.3) is 0 Å². The molecule has 1 atom stereocenters. The normalized spacial score (nSPS) is 12.5. The van der Waals surface area contributed by atoms with Crippen LogP contribution in [0.4, 0.5) is 0 Å². The molecule has 0 bridgehead atoms. The second-order valence-electron chi connectivity index (χ2n) is 15.6. The largest absolute Gasteiger partial charge is 0.462 e. The number of allylic oxidation sites excluding steroid dienone is 10. The average Bonchev–Trinajstić information content (AvgIpc) is 3.21. The lowest BCUT2D eigenvalue weighted by Gasteiger charge is -2.18. The van der Waals surface area contributed by atoms with Crippen molar-refractivity contribution in [1.29, 1.82) is 0 Å². The maximum atomic E-state index is 12.7. The van der Waals surface area contributed by atoms with Gasteiger partial charge in [0.05, 0.1) is 0 Å². The van der Waals surface area contributed by atoms with Crippen molar-refractivity contribution < 1.29 is 28.6 Å². The molecule has 0 aliphatic heterocycles. The number of ether oxygens (including phenoxy) is 3. The first kappa shape index (κ1) is 54.1. The van der Waals surface area contributed by atoms with Crippen LogP contribution in [-0.2, 0) is 28.6 Å². The van der Waals surface area contributed by atoms with Crippen molar-refractivity contribution in [3.8, 4) is 0 Å². The Bertz CT molecular complexity index is 1050. The SMILES string of the molecule is CC/C=C\C/C=C\C/C=C\CCCCCC(=O)OC(COC(=O)CCCCCCC)COC(=O)CCCCCCCCCCC/C=C\C/C=C\CCCCCCC. The van der Waals surface area contributed by atoms with E-state index in [1.54, 1.807) is 0 Å². The van der Waals surface area contributed by atoms with Gasteiger partial charge in [-0.1, -0.05) is 184 Å². The van der Waals surface area contributed by atoms with Crippen LogP contribution in [-0.4, -0.2) is 37.2 Å². The second-order valence-corrected chi connectivity index (χ2v) is 15.6. The minimum Gasteiger partial charge on any atom is -0.462 e. The van der Waals surface area contributed by atoms with Gasteiger partial charge in [0.2, 0.25) is 0 Å². The average molecular weight is 797 g/mol. The first-order valence-electron chi connectivity index (χ1n) is 23.8. The minimum absolute atomic E-state index is 0.0887. The van der Waals surface area contributed by atoms with Crippen LogP contribution in [0.2, 0.25) is 0 Å². The highest BCUT2D eigenvalue weighted by Crippen LogP contribution is 2.14. The van der Waals surface area contributed by atoms with Crippen LogP contribution in [0.15, 0.2) is 60.8 Å². The molecule has 0 N–H and O–H groups in total. The van der Waals surface area contributed by atoms with Crippen molar-refractivity contribution in [3.63, 3.8) is 0 Å². The van der Waals surface area contributed by atoms with Crippen molar-refractivity contribution in [2.24, 2.45) is 0 Å². The van der Waals surface area contributed by atoms with E-state index in [2.05, 4.69) is 81.5 Å². The standard InChI is InChI=1S/C51H88O6/c1-4-7-10-13-15-17-19-21-22-23-24-25-26-27-28-30-31-33-35-38-41-44-50(53)56-47-48(46-55-49(52)43-40-37-12-9-6-3)57-51(54)45-42-39-36-34-32-29-20-18-16-14-11-8-5-2/h8,11,16,18-19,21,23-24,29,32,48H,4-7,9-10,12-15,17,20,22,25-28,30-31,33-47H2,1-3H3/b11-8-,18-16-,21-19-,24-23-,32-29-. The number of hydrogen-bond donors (Lipinski definition) is 0. The van der Waals surface area contributed by atoms with E-state index in [-0.39, 0.29) is 31.1 Å². The first-order chi connectivity index (χ1) is 28.0. The van der Waals surface area contributed by atoms with E-state index < -0.39 is 6.10 Å². The van der Waals surface area contributed by atoms with Gasteiger partial charge in [0.25, 0.3) is 0 Å². The van der Waals surface area contributed by atoms with Gasteiger partial charge < -0.3 is 14.2 Å². The Labute approximate surface area is 351 Å². The first-order valence-corrected chi connectivity index (χ1v) is 23.8. The van der Waals surface area contributed by atoms with E-state index in [0.717, 1.165) is 96.3 Å². The Kier molecular flexibility index (Phi) is 43.5. The Hall–Kier alpha value is -2.89. The summed E-state index contributed by atoms with van der Waals surface area (Å²) in [6.07, 6.45) is 55.3. The van der Waals surface area contributed by atoms with Gasteiger partial charge >= 0.3 is 17.9 Å². The van der Waals surface area contributed by atoms with E-state index in [1.807, 2.05) is 0 Å². The molecule has 0 aromatic carbocycles. The molecule has 0 radical (unpaired) electrons. The van der Waals surface area contributed by atoms with Crippen molar-refractivity contribution >= 4 is 17.9 Å². The van der Waals surface area contributed by atoms with Crippen LogP contribution in [0.3, 0.4) is 0 Å². The van der Waals surface area contributed by atoms with Crippen LogP contribution >= 0.6 is 0 Å². The summed E-state index contributed by atoms with van der Waals surface area (Å²) in [5, 5.41) is 0. The van der Waals surface area contributed by atoms with Gasteiger partial charge in [0.1, 0.15) is 13.2 Å². The fourth-order valence-electron chi connectivity index (χ4n) is 6.43. The van der Waals surface area contributed by atoms with Gasteiger partial charge in [0.15, 0.2) is 6.10 Å². The molecule has 0 saturated heterocycles. The fourth-order valence-corrected chi connectivity index (χ4v) is 6.43. The summed E-state index contributed by atoms with van der Waals surface area (Å²) in [6.45, 7) is 6.39. The summed E-state index contributed by atoms with van der Waals surface area (Å²) in [7, 11) is 0. The van der Waals surface area contributed by atoms with Gasteiger partial charge in [-0.3, -0.25) is 14.4 Å². The Morgan fingerprint density at radius 1 is 0.368 bits per heavy atom. The molecule has 0 aliphatic carbocycles. The third-order valence-corrected chi connectivity index (χ3v) is 10.0. The molecule has 0 saturated carbocycles. The highest BCUT2D eigenvalue weighted by molar-refractivity contribution is 5.71. The van der Waals surface area contributed by atoms with Gasteiger partial charge in [-0.25, -0.2) is 0 Å². The molecule has 57 heavy (non-hydrogen) atoms. The van der Waals surface area contributed by atoms with Crippen molar-refractivity contribution in [1.82, 2.24) is 0 Å². The molecule has 0 rings (SSSR count). The molecular weight excluding hydrogens is 709 g/mol. The topological polar surface area (TPSA) is 78.9 Å². The van der Waals surface area contributed by atoms with Gasteiger partial charge in [0, 0.05) is 19.3 Å². The molecule has 0 aromatic heterocycles. The molecule has 328 valence electrons. The highest BCUT2D eigenvalue weighted by atomic mass is 16.6. The van der Waals surface area contributed by atoms with E-state index in [1.165, 1.54) is 89.9 Å². The number of unbranched alkanes of at least 4 members (excludes halogenated alkanes) is 21. The van der Waals surface area contributed by atoms with Crippen molar-refractivity contribution in [3.05, 3.63) is 60.8 Å². The predicted molar refractivity (Wildman–Crippen MR) is 242 cm³/mol. The van der Waals surface area contributed by atoms with E-state index >= 15 is 0 Å². The molecular formula is C51H88O6. The number of carbonyl (C=O) groups excluding carboxylic acids is 3. The number of carbonyl (C=O) groups is 3. The predicted octanol–water partition coefficient (Wildman–Crippen LogP) is 15.3. The minimum atomic E-state index is -0.785. The summed E-state index contributed by atoms with van der Waals surface area (Å²) < 4.78 is 16.6. The van der Waals surface area contributed by atoms with Gasteiger partial charge in [-0.05, 0) is 83.5 Å². The zero-order valence-corrected chi connectivity index (χ0v) is 37.3. The maximum absolute atomic E-state index is 12.7. The molecule has 0 amide bonds. The summed E-state index contributed by atoms with van der Waals surface area (Å²) in [5.41, 5.74) is 0. The summed E-state index contributed by atoms with van der Waals surface area (Å²) in [6, 6.07) is 0. The molecule has 6 nitrogen and oxygen atoms in total. The summed E-state index contributed by atoms with van der Waals surface area (Å²) >= 11 is 0. The fraction of sp³-hybridized carbons (Fsp3) is 0.745.